The standard InChI is InChI=1S/C14H22ClNO/c1-13(2,3)9-7-10(14(4,5)16)12(17-6)11(15)8-9/h7-8H,16H2,1-6H3. The van der Waals surface area contributed by atoms with Crippen molar-refractivity contribution < 1.29 is 4.74 Å². The van der Waals surface area contributed by atoms with Gasteiger partial charge in [0.1, 0.15) is 5.75 Å². The van der Waals surface area contributed by atoms with Gasteiger partial charge in [0.2, 0.25) is 0 Å². The largest absolute Gasteiger partial charge is 0.495 e. The van der Waals surface area contributed by atoms with E-state index in [0.29, 0.717) is 10.8 Å². The Balaban J connectivity index is 3.51. The van der Waals surface area contributed by atoms with E-state index < -0.39 is 5.54 Å². The van der Waals surface area contributed by atoms with Crippen LogP contribution < -0.4 is 10.5 Å². The molecule has 0 bridgehead atoms. The number of benzene rings is 1. The van der Waals surface area contributed by atoms with E-state index in [1.54, 1.807) is 7.11 Å². The lowest BCUT2D eigenvalue weighted by Gasteiger charge is -2.27. The zero-order valence-electron chi connectivity index (χ0n) is 11.5. The SMILES string of the molecule is COc1c(Cl)cc(C(C)(C)C)cc1C(C)(C)N. The van der Waals surface area contributed by atoms with Crippen LogP contribution >= 0.6 is 11.6 Å². The molecular weight excluding hydrogens is 234 g/mol. The third-order valence-corrected chi connectivity index (χ3v) is 3.09. The van der Waals surface area contributed by atoms with E-state index >= 15 is 0 Å². The van der Waals surface area contributed by atoms with Gasteiger partial charge >= 0.3 is 0 Å². The Bertz CT molecular complexity index is 413. The number of nitrogens with two attached hydrogens (primary N) is 1. The molecule has 0 saturated heterocycles. The Morgan fingerprint density at radius 3 is 2.00 bits per heavy atom. The lowest BCUT2D eigenvalue weighted by molar-refractivity contribution is 0.393. The molecule has 1 rings (SSSR count). The van der Waals surface area contributed by atoms with Crippen molar-refractivity contribution in [3.05, 3.63) is 28.3 Å². The molecule has 3 heteroatoms. The second-order valence-corrected chi connectivity index (χ2v) is 6.42. The molecule has 0 atom stereocenters. The maximum Gasteiger partial charge on any atom is 0.142 e. The molecule has 0 unspecified atom stereocenters. The van der Waals surface area contributed by atoms with Crippen LogP contribution in [0, 0.1) is 0 Å². The van der Waals surface area contributed by atoms with E-state index in [4.69, 9.17) is 22.1 Å². The van der Waals surface area contributed by atoms with Gasteiger partial charge in [0.25, 0.3) is 0 Å². The Kier molecular flexibility index (Phi) is 3.80. The summed E-state index contributed by atoms with van der Waals surface area (Å²) in [6.45, 7) is 10.4. The van der Waals surface area contributed by atoms with Crippen molar-refractivity contribution in [3.8, 4) is 5.75 Å². The van der Waals surface area contributed by atoms with E-state index in [1.807, 2.05) is 19.9 Å². The number of ether oxygens (including phenoxy) is 1. The molecule has 0 aliphatic rings. The summed E-state index contributed by atoms with van der Waals surface area (Å²) in [5, 5.41) is 0.619. The Labute approximate surface area is 109 Å². The van der Waals surface area contributed by atoms with Gasteiger partial charge < -0.3 is 10.5 Å². The molecule has 1 aromatic carbocycles. The summed E-state index contributed by atoms with van der Waals surface area (Å²) >= 11 is 6.27. The Hall–Kier alpha value is -0.730. The van der Waals surface area contributed by atoms with Crippen molar-refractivity contribution in [1.29, 1.82) is 0 Å². The van der Waals surface area contributed by atoms with Crippen molar-refractivity contribution in [1.82, 2.24) is 0 Å². The molecule has 0 heterocycles. The van der Waals surface area contributed by atoms with Crippen molar-refractivity contribution in [3.63, 3.8) is 0 Å². The highest BCUT2D eigenvalue weighted by atomic mass is 35.5. The maximum atomic E-state index is 6.27. The second kappa shape index (κ2) is 4.51. The minimum absolute atomic E-state index is 0.0376. The van der Waals surface area contributed by atoms with Crippen LogP contribution in [0.2, 0.25) is 5.02 Å². The summed E-state index contributed by atoms with van der Waals surface area (Å²) in [5.41, 5.74) is 7.84. The first-order chi connectivity index (χ1) is 7.57. The summed E-state index contributed by atoms with van der Waals surface area (Å²) < 4.78 is 5.36. The van der Waals surface area contributed by atoms with E-state index in [0.717, 1.165) is 11.1 Å². The minimum atomic E-state index is -0.476. The quantitative estimate of drug-likeness (QED) is 0.872. The van der Waals surface area contributed by atoms with E-state index in [-0.39, 0.29) is 5.41 Å². The molecule has 0 amide bonds. The smallest absolute Gasteiger partial charge is 0.142 e. The van der Waals surface area contributed by atoms with Gasteiger partial charge in [-0.05, 0) is 37.0 Å². The first-order valence-corrected chi connectivity index (χ1v) is 6.12. The molecule has 0 aromatic heterocycles. The highest BCUT2D eigenvalue weighted by Gasteiger charge is 2.25. The second-order valence-electron chi connectivity index (χ2n) is 6.01. The molecule has 17 heavy (non-hydrogen) atoms. The predicted octanol–water partition coefficient (Wildman–Crippen LogP) is 3.84. The minimum Gasteiger partial charge on any atom is -0.495 e. The number of methoxy groups -OCH3 is 1. The average molecular weight is 256 g/mol. The van der Waals surface area contributed by atoms with Gasteiger partial charge in [0.15, 0.2) is 0 Å². The monoisotopic (exact) mass is 255 g/mol. The summed E-state index contributed by atoms with van der Waals surface area (Å²) in [5.74, 6) is 0.673. The van der Waals surface area contributed by atoms with Crippen molar-refractivity contribution in [2.75, 3.05) is 7.11 Å². The number of rotatable bonds is 2. The van der Waals surface area contributed by atoms with Crippen LogP contribution in [0.5, 0.6) is 5.75 Å². The molecular formula is C14H22ClNO. The van der Waals surface area contributed by atoms with Gasteiger partial charge in [0, 0.05) is 11.1 Å². The molecule has 0 saturated carbocycles. The van der Waals surface area contributed by atoms with Crippen LogP contribution in [0.4, 0.5) is 0 Å². The zero-order valence-corrected chi connectivity index (χ0v) is 12.3. The van der Waals surface area contributed by atoms with Crippen LogP contribution in [-0.4, -0.2) is 7.11 Å². The fraction of sp³-hybridized carbons (Fsp3) is 0.571. The molecule has 2 N–H and O–H groups in total. The van der Waals surface area contributed by atoms with Gasteiger partial charge in [-0.25, -0.2) is 0 Å². The average Bonchev–Trinajstić information content (AvgIpc) is 2.13. The first kappa shape index (κ1) is 14.3. The summed E-state index contributed by atoms with van der Waals surface area (Å²) in [6.07, 6.45) is 0. The molecule has 96 valence electrons. The van der Waals surface area contributed by atoms with Crippen LogP contribution in [0.15, 0.2) is 12.1 Å². The number of hydrogen-bond acceptors (Lipinski definition) is 2. The molecule has 2 nitrogen and oxygen atoms in total. The summed E-state index contributed by atoms with van der Waals surface area (Å²) in [7, 11) is 1.62. The number of halogens is 1. The lowest BCUT2D eigenvalue weighted by Crippen LogP contribution is -2.30. The first-order valence-electron chi connectivity index (χ1n) is 5.74. The number of hydrogen-bond donors (Lipinski definition) is 1. The van der Waals surface area contributed by atoms with Gasteiger partial charge in [-0.2, -0.15) is 0 Å². The predicted molar refractivity (Wildman–Crippen MR) is 73.9 cm³/mol. The highest BCUT2D eigenvalue weighted by molar-refractivity contribution is 6.32. The topological polar surface area (TPSA) is 35.2 Å². The van der Waals surface area contributed by atoms with Crippen LogP contribution in [0.25, 0.3) is 0 Å². The molecule has 0 spiro atoms. The van der Waals surface area contributed by atoms with Crippen LogP contribution in [-0.2, 0) is 11.0 Å². The Morgan fingerprint density at radius 2 is 1.65 bits per heavy atom. The van der Waals surface area contributed by atoms with E-state index in [9.17, 15) is 0 Å². The van der Waals surface area contributed by atoms with Crippen LogP contribution in [0.3, 0.4) is 0 Å². The molecule has 0 fully saturated rings. The zero-order chi connectivity index (χ0) is 13.4. The van der Waals surface area contributed by atoms with Crippen molar-refractivity contribution in [2.24, 2.45) is 5.73 Å². The summed E-state index contributed by atoms with van der Waals surface area (Å²) in [6, 6.07) is 4.04. The Morgan fingerprint density at radius 1 is 1.12 bits per heavy atom. The van der Waals surface area contributed by atoms with Gasteiger partial charge in [-0.15, -0.1) is 0 Å². The highest BCUT2D eigenvalue weighted by Crippen LogP contribution is 2.38. The fourth-order valence-electron chi connectivity index (χ4n) is 1.71. The third kappa shape index (κ3) is 3.14. The molecule has 1 aromatic rings. The lowest BCUT2D eigenvalue weighted by atomic mass is 9.83. The third-order valence-electron chi connectivity index (χ3n) is 2.81. The van der Waals surface area contributed by atoms with E-state index in [2.05, 4.69) is 26.8 Å². The van der Waals surface area contributed by atoms with Gasteiger partial charge in [0.05, 0.1) is 12.1 Å². The van der Waals surface area contributed by atoms with Crippen molar-refractivity contribution >= 4 is 11.6 Å². The molecule has 0 aliphatic heterocycles. The van der Waals surface area contributed by atoms with Gasteiger partial charge in [-0.1, -0.05) is 32.4 Å². The van der Waals surface area contributed by atoms with Gasteiger partial charge in [-0.3, -0.25) is 0 Å². The fourth-order valence-corrected chi connectivity index (χ4v) is 2.01. The van der Waals surface area contributed by atoms with Crippen LogP contribution in [0.1, 0.15) is 45.7 Å². The maximum absolute atomic E-state index is 6.27. The molecule has 0 aliphatic carbocycles. The molecule has 0 radical (unpaired) electrons. The van der Waals surface area contributed by atoms with Crippen molar-refractivity contribution in [2.45, 2.75) is 45.6 Å². The normalized spacial score (nSPS) is 12.7. The summed E-state index contributed by atoms with van der Waals surface area (Å²) in [4.78, 5) is 0. The van der Waals surface area contributed by atoms with E-state index in [1.165, 1.54) is 0 Å².